The molecule has 0 saturated carbocycles. The van der Waals surface area contributed by atoms with Crippen LogP contribution in [-0.2, 0) is 4.43 Å². The number of aryl methyl sites for hydroxylation is 2. The van der Waals surface area contributed by atoms with Crippen LogP contribution in [0.15, 0.2) is 18.5 Å². The fraction of sp³-hybridized carbons (Fsp3) is 0.600. The van der Waals surface area contributed by atoms with Crippen molar-refractivity contribution in [2.45, 2.75) is 65.0 Å². The summed E-state index contributed by atoms with van der Waals surface area (Å²) in [6.45, 7) is 16.5. The first-order chi connectivity index (χ1) is 12.0. The summed E-state index contributed by atoms with van der Waals surface area (Å²) in [4.78, 5) is 11.1. The molecule has 2 unspecified atom stereocenters. The van der Waals surface area contributed by atoms with Gasteiger partial charge < -0.3 is 14.4 Å². The summed E-state index contributed by atoms with van der Waals surface area (Å²) in [6.07, 6.45) is 0.939. The third-order valence-electron chi connectivity index (χ3n) is 6.02. The third kappa shape index (κ3) is 3.50. The Balaban J connectivity index is 1.89. The van der Waals surface area contributed by atoms with Crippen LogP contribution in [0, 0.1) is 13.8 Å². The number of rotatable bonds is 3. The minimum Gasteiger partial charge on any atom is -0.409 e. The topological polar surface area (TPSA) is 58.5 Å². The summed E-state index contributed by atoms with van der Waals surface area (Å²) in [7, 11) is -1.93. The maximum absolute atomic E-state index is 10.6. The zero-order valence-corrected chi connectivity index (χ0v) is 18.0. The van der Waals surface area contributed by atoms with Crippen LogP contribution in [0.1, 0.15) is 31.9 Å². The number of hydrogen-bond acceptors (Lipinski definition) is 5. The average Bonchev–Trinajstić information content (AvgIpc) is 2.87. The Morgan fingerprint density at radius 1 is 1.12 bits per heavy atom. The first kappa shape index (κ1) is 19.3. The Labute approximate surface area is 157 Å². The standard InChI is InChI=1S/C20H31N3O2Si/c1-13-8-15-16(9-14(13)2)21-12-22-19(15)23-10-17(24)18(11-23)25-26(6,7)20(3,4)5/h8-9,12,17-18,24H,10-11H2,1-7H3. The molecule has 0 amide bonds. The van der Waals surface area contributed by atoms with Crippen LogP contribution >= 0.6 is 0 Å². The molecule has 2 atom stereocenters. The quantitative estimate of drug-likeness (QED) is 0.829. The van der Waals surface area contributed by atoms with Crippen LogP contribution in [0.25, 0.3) is 10.9 Å². The lowest BCUT2D eigenvalue weighted by molar-refractivity contribution is 0.0643. The Morgan fingerprint density at radius 3 is 2.42 bits per heavy atom. The summed E-state index contributed by atoms with van der Waals surface area (Å²) >= 11 is 0. The molecule has 1 aromatic carbocycles. The number of aliphatic hydroxyl groups excluding tert-OH is 1. The highest BCUT2D eigenvalue weighted by Crippen LogP contribution is 2.39. The highest BCUT2D eigenvalue weighted by Gasteiger charge is 2.43. The number of aromatic nitrogens is 2. The normalized spacial score (nSPS) is 21.6. The third-order valence-corrected chi connectivity index (χ3v) is 10.5. The fourth-order valence-electron chi connectivity index (χ4n) is 3.15. The van der Waals surface area contributed by atoms with E-state index in [4.69, 9.17) is 4.43 Å². The van der Waals surface area contributed by atoms with Crippen LogP contribution in [0.4, 0.5) is 5.82 Å². The Bertz CT molecular complexity index is 817. The zero-order chi connectivity index (χ0) is 19.3. The number of β-amino-alcohol motifs (C(OH)–C–C–N with tert-alkyl or cyclic N) is 1. The highest BCUT2D eigenvalue weighted by molar-refractivity contribution is 6.74. The second-order valence-electron chi connectivity index (χ2n) is 9.04. The molecular formula is C20H31N3O2Si. The molecule has 1 aromatic heterocycles. The van der Waals surface area contributed by atoms with E-state index in [9.17, 15) is 5.11 Å². The maximum atomic E-state index is 10.6. The van der Waals surface area contributed by atoms with Crippen LogP contribution in [-0.4, -0.2) is 48.7 Å². The van der Waals surface area contributed by atoms with Gasteiger partial charge in [0.25, 0.3) is 0 Å². The van der Waals surface area contributed by atoms with E-state index in [0.717, 1.165) is 16.7 Å². The molecule has 0 aliphatic carbocycles. The largest absolute Gasteiger partial charge is 0.409 e. The predicted octanol–water partition coefficient (Wildman–Crippen LogP) is 3.82. The SMILES string of the molecule is Cc1cc2ncnc(N3CC(O)C(O[Si](C)(C)C(C)(C)C)C3)c2cc1C. The van der Waals surface area contributed by atoms with E-state index in [-0.39, 0.29) is 11.1 Å². The van der Waals surface area contributed by atoms with Gasteiger partial charge in [-0.1, -0.05) is 20.8 Å². The van der Waals surface area contributed by atoms with Crippen molar-refractivity contribution in [2.24, 2.45) is 0 Å². The molecular weight excluding hydrogens is 342 g/mol. The molecule has 6 heteroatoms. The second-order valence-corrected chi connectivity index (χ2v) is 13.8. The van der Waals surface area contributed by atoms with Crippen LogP contribution in [0.5, 0.6) is 0 Å². The zero-order valence-electron chi connectivity index (χ0n) is 17.0. The summed E-state index contributed by atoms with van der Waals surface area (Å²) in [5.74, 6) is 0.887. The predicted molar refractivity (Wildman–Crippen MR) is 109 cm³/mol. The van der Waals surface area contributed by atoms with Crippen molar-refractivity contribution in [3.8, 4) is 0 Å². The lowest BCUT2D eigenvalue weighted by Crippen LogP contribution is -2.47. The van der Waals surface area contributed by atoms with E-state index in [1.807, 2.05) is 0 Å². The van der Waals surface area contributed by atoms with Gasteiger partial charge in [-0.05, 0) is 55.2 Å². The number of nitrogens with zero attached hydrogens (tertiary/aromatic N) is 3. The molecule has 1 saturated heterocycles. The van der Waals surface area contributed by atoms with Crippen molar-refractivity contribution < 1.29 is 9.53 Å². The highest BCUT2D eigenvalue weighted by atomic mass is 28.4. The molecule has 5 nitrogen and oxygen atoms in total. The van der Waals surface area contributed by atoms with Crippen LogP contribution in [0.3, 0.4) is 0 Å². The van der Waals surface area contributed by atoms with Gasteiger partial charge in [-0.15, -0.1) is 0 Å². The first-order valence-corrected chi connectivity index (χ1v) is 12.2. The van der Waals surface area contributed by atoms with Crippen molar-refractivity contribution in [3.63, 3.8) is 0 Å². The Morgan fingerprint density at radius 2 is 1.77 bits per heavy atom. The van der Waals surface area contributed by atoms with E-state index in [1.165, 1.54) is 11.1 Å². The summed E-state index contributed by atoms with van der Waals surface area (Å²) in [5, 5.41) is 11.8. The van der Waals surface area contributed by atoms with Crippen molar-refractivity contribution in [3.05, 3.63) is 29.6 Å². The molecule has 142 valence electrons. The molecule has 0 radical (unpaired) electrons. The van der Waals surface area contributed by atoms with Gasteiger partial charge in [0.15, 0.2) is 8.32 Å². The van der Waals surface area contributed by atoms with Gasteiger partial charge in [0.1, 0.15) is 12.1 Å². The lowest BCUT2D eigenvalue weighted by Gasteiger charge is -2.38. The van der Waals surface area contributed by atoms with Gasteiger partial charge in [0.2, 0.25) is 0 Å². The smallest absolute Gasteiger partial charge is 0.192 e. The second kappa shape index (κ2) is 6.58. The minimum absolute atomic E-state index is 0.121. The number of anilines is 1. The van der Waals surface area contributed by atoms with Crippen molar-refractivity contribution in [1.82, 2.24) is 9.97 Å². The van der Waals surface area contributed by atoms with E-state index < -0.39 is 14.4 Å². The number of benzene rings is 1. The number of fused-ring (bicyclic) bond motifs is 1. The molecule has 0 spiro atoms. The molecule has 2 aromatic rings. The average molecular weight is 374 g/mol. The van der Waals surface area contributed by atoms with Crippen molar-refractivity contribution in [1.29, 1.82) is 0 Å². The molecule has 1 aliphatic rings. The molecule has 1 aliphatic heterocycles. The summed E-state index contributed by atoms with van der Waals surface area (Å²) < 4.78 is 6.49. The fourth-order valence-corrected chi connectivity index (χ4v) is 4.50. The Hall–Kier alpha value is -1.50. The molecule has 2 heterocycles. The molecule has 3 rings (SSSR count). The molecule has 26 heavy (non-hydrogen) atoms. The molecule has 1 fully saturated rings. The molecule has 1 N–H and O–H groups in total. The Kier molecular flexibility index (Phi) is 4.88. The monoisotopic (exact) mass is 373 g/mol. The van der Waals surface area contributed by atoms with E-state index >= 15 is 0 Å². The van der Waals surface area contributed by atoms with E-state index in [0.29, 0.717) is 13.1 Å². The van der Waals surface area contributed by atoms with Gasteiger partial charge in [-0.3, -0.25) is 0 Å². The van der Waals surface area contributed by atoms with Gasteiger partial charge in [-0.2, -0.15) is 0 Å². The van der Waals surface area contributed by atoms with Gasteiger partial charge in [0.05, 0.1) is 17.7 Å². The number of aliphatic hydroxyl groups is 1. The lowest BCUT2D eigenvalue weighted by atomic mass is 10.1. The van der Waals surface area contributed by atoms with Gasteiger partial charge in [0, 0.05) is 18.5 Å². The van der Waals surface area contributed by atoms with Crippen LogP contribution < -0.4 is 4.90 Å². The maximum Gasteiger partial charge on any atom is 0.192 e. The van der Waals surface area contributed by atoms with E-state index in [1.54, 1.807) is 6.33 Å². The summed E-state index contributed by atoms with van der Waals surface area (Å²) in [6, 6.07) is 4.25. The van der Waals surface area contributed by atoms with Gasteiger partial charge >= 0.3 is 0 Å². The summed E-state index contributed by atoms with van der Waals surface area (Å²) in [5.41, 5.74) is 3.39. The van der Waals surface area contributed by atoms with Crippen LogP contribution in [0.2, 0.25) is 18.1 Å². The van der Waals surface area contributed by atoms with Gasteiger partial charge in [-0.25, -0.2) is 9.97 Å². The van der Waals surface area contributed by atoms with E-state index in [2.05, 4.69) is 74.7 Å². The molecule has 0 bridgehead atoms. The number of hydrogen-bond donors (Lipinski definition) is 1. The minimum atomic E-state index is -1.93. The van der Waals surface area contributed by atoms with Crippen molar-refractivity contribution in [2.75, 3.05) is 18.0 Å². The first-order valence-electron chi connectivity index (χ1n) is 9.32. The van der Waals surface area contributed by atoms with Crippen molar-refractivity contribution >= 4 is 25.0 Å².